The van der Waals surface area contributed by atoms with Crippen molar-refractivity contribution in [3.63, 3.8) is 0 Å². The normalized spacial score (nSPS) is 10.6. The minimum Gasteiger partial charge on any atom is -0.379 e. The van der Waals surface area contributed by atoms with Crippen LogP contribution in [-0.4, -0.2) is 15.0 Å². The van der Waals surface area contributed by atoms with E-state index in [-0.39, 0.29) is 0 Å². The van der Waals surface area contributed by atoms with Gasteiger partial charge in [-0.3, -0.25) is 0 Å². The van der Waals surface area contributed by atoms with E-state index in [4.69, 9.17) is 5.26 Å². The number of aryl methyl sites for hydroxylation is 2. The molecule has 4 rings (SSSR count). The first-order chi connectivity index (χ1) is 14.5. The van der Waals surface area contributed by atoms with Crippen molar-refractivity contribution in [2.24, 2.45) is 0 Å². The fourth-order valence-corrected chi connectivity index (χ4v) is 4.51. The van der Waals surface area contributed by atoms with Gasteiger partial charge in [0.2, 0.25) is 0 Å². The van der Waals surface area contributed by atoms with Gasteiger partial charge in [-0.25, -0.2) is 19.3 Å². The molecule has 4 aromatic rings. The van der Waals surface area contributed by atoms with Gasteiger partial charge in [-0.15, -0.1) is 22.7 Å². The third kappa shape index (κ3) is 4.45. The number of nitriles is 1. The smallest absolute Gasteiger partial charge is 0.188 e. The van der Waals surface area contributed by atoms with Crippen LogP contribution in [0.25, 0.3) is 10.6 Å². The van der Waals surface area contributed by atoms with Gasteiger partial charge < -0.3 is 10.6 Å². The van der Waals surface area contributed by atoms with Crippen LogP contribution in [0.2, 0.25) is 0 Å². The lowest BCUT2D eigenvalue weighted by Gasteiger charge is -2.08. The summed E-state index contributed by atoms with van der Waals surface area (Å²) in [5, 5.41) is 18.8. The molecule has 0 atom stereocenters. The Morgan fingerprint density at radius 3 is 2.70 bits per heavy atom. The maximum Gasteiger partial charge on any atom is 0.188 e. The monoisotopic (exact) mass is 436 g/mol. The van der Waals surface area contributed by atoms with Gasteiger partial charge in [0, 0.05) is 18.1 Å². The van der Waals surface area contributed by atoms with Crippen LogP contribution in [0.3, 0.4) is 0 Å². The molecule has 0 saturated heterocycles. The molecule has 0 aliphatic rings. The number of benzene rings is 1. The number of thiazole rings is 2. The van der Waals surface area contributed by atoms with Crippen LogP contribution in [0, 0.1) is 31.0 Å². The van der Waals surface area contributed by atoms with E-state index in [2.05, 4.69) is 25.6 Å². The molecule has 0 saturated carbocycles. The van der Waals surface area contributed by atoms with Gasteiger partial charge in [-0.2, -0.15) is 5.26 Å². The minimum absolute atomic E-state index is 0.293. The van der Waals surface area contributed by atoms with Crippen LogP contribution in [0.15, 0.2) is 41.9 Å². The van der Waals surface area contributed by atoms with Crippen LogP contribution >= 0.6 is 22.7 Å². The molecule has 0 fully saturated rings. The Morgan fingerprint density at radius 1 is 1.17 bits per heavy atom. The van der Waals surface area contributed by atoms with Crippen LogP contribution in [0.4, 0.5) is 21.0 Å². The third-order valence-corrected chi connectivity index (χ3v) is 6.13. The van der Waals surface area contributed by atoms with Gasteiger partial charge in [0.15, 0.2) is 5.13 Å². The second-order valence-electron chi connectivity index (χ2n) is 6.52. The first kappa shape index (κ1) is 19.9. The topological polar surface area (TPSA) is 86.5 Å². The predicted molar refractivity (Wildman–Crippen MR) is 119 cm³/mol. The highest BCUT2D eigenvalue weighted by atomic mass is 32.1. The van der Waals surface area contributed by atoms with Crippen molar-refractivity contribution < 1.29 is 4.39 Å². The molecule has 0 spiro atoms. The SMILES string of the molecule is Cc1nc(C)c(-c2csc(Nc3ccc(CNc4ccc(C#N)cc4F)cn3)n2)s1. The summed E-state index contributed by atoms with van der Waals surface area (Å²) in [6.07, 6.45) is 1.72. The van der Waals surface area contributed by atoms with Crippen molar-refractivity contribution in [3.8, 4) is 16.6 Å². The van der Waals surface area contributed by atoms with Gasteiger partial charge >= 0.3 is 0 Å². The highest BCUT2D eigenvalue weighted by Gasteiger charge is 2.12. The summed E-state index contributed by atoms with van der Waals surface area (Å²) in [5.41, 5.74) is 3.44. The molecular formula is C21H17FN6S2. The van der Waals surface area contributed by atoms with Gasteiger partial charge in [-0.05, 0) is 43.7 Å². The summed E-state index contributed by atoms with van der Waals surface area (Å²) in [5.74, 6) is 0.229. The Labute approximate surface area is 181 Å². The number of aromatic nitrogens is 3. The van der Waals surface area contributed by atoms with Crippen LogP contribution in [-0.2, 0) is 6.54 Å². The van der Waals surface area contributed by atoms with Crippen molar-refractivity contribution in [3.05, 3.63) is 69.6 Å². The summed E-state index contributed by atoms with van der Waals surface area (Å²) in [7, 11) is 0. The van der Waals surface area contributed by atoms with E-state index in [1.54, 1.807) is 29.7 Å². The Hall–Kier alpha value is -3.35. The Bertz CT molecular complexity index is 1220. The summed E-state index contributed by atoms with van der Waals surface area (Å²) in [4.78, 5) is 14.6. The summed E-state index contributed by atoms with van der Waals surface area (Å²) < 4.78 is 13.9. The maximum atomic E-state index is 13.9. The van der Waals surface area contributed by atoms with Crippen LogP contribution < -0.4 is 10.6 Å². The molecule has 0 radical (unpaired) electrons. The summed E-state index contributed by atoms with van der Waals surface area (Å²) >= 11 is 3.15. The van der Waals surface area contributed by atoms with Crippen molar-refractivity contribution >= 4 is 39.3 Å². The molecule has 0 unspecified atom stereocenters. The molecule has 1 aromatic carbocycles. The summed E-state index contributed by atoms with van der Waals surface area (Å²) in [6.45, 7) is 4.40. The van der Waals surface area contributed by atoms with Crippen molar-refractivity contribution in [2.45, 2.75) is 20.4 Å². The molecule has 0 amide bonds. The van der Waals surface area contributed by atoms with E-state index in [0.717, 1.165) is 32.0 Å². The quantitative estimate of drug-likeness (QED) is 0.406. The molecule has 2 N–H and O–H groups in total. The number of rotatable bonds is 6. The van der Waals surface area contributed by atoms with Crippen LogP contribution in [0.5, 0.6) is 0 Å². The van der Waals surface area contributed by atoms with E-state index >= 15 is 0 Å². The lowest BCUT2D eigenvalue weighted by atomic mass is 10.2. The Morgan fingerprint density at radius 2 is 2.03 bits per heavy atom. The number of pyridine rings is 1. The molecule has 3 aromatic heterocycles. The molecule has 0 aliphatic carbocycles. The molecular weight excluding hydrogens is 419 g/mol. The van der Waals surface area contributed by atoms with Crippen molar-refractivity contribution in [1.29, 1.82) is 5.26 Å². The zero-order chi connectivity index (χ0) is 21.1. The zero-order valence-corrected chi connectivity index (χ0v) is 17.9. The molecule has 0 bridgehead atoms. The van der Waals surface area contributed by atoms with E-state index in [1.807, 2.05) is 37.4 Å². The fraction of sp³-hybridized carbons (Fsp3) is 0.143. The minimum atomic E-state index is -0.453. The number of nitrogens with one attached hydrogen (secondary N) is 2. The second kappa shape index (κ2) is 8.57. The Kier molecular flexibility index (Phi) is 5.70. The Balaban J connectivity index is 1.38. The lowest BCUT2D eigenvalue weighted by Crippen LogP contribution is -2.02. The number of nitrogens with zero attached hydrogens (tertiary/aromatic N) is 4. The first-order valence-electron chi connectivity index (χ1n) is 9.07. The molecule has 150 valence electrons. The fourth-order valence-electron chi connectivity index (χ4n) is 2.84. The molecule has 30 heavy (non-hydrogen) atoms. The third-order valence-electron chi connectivity index (χ3n) is 4.28. The average molecular weight is 437 g/mol. The van der Waals surface area contributed by atoms with Crippen molar-refractivity contribution in [1.82, 2.24) is 15.0 Å². The predicted octanol–water partition coefficient (Wildman–Crippen LogP) is 5.64. The molecule has 9 heteroatoms. The van der Waals surface area contributed by atoms with E-state index in [9.17, 15) is 4.39 Å². The first-order valence-corrected chi connectivity index (χ1v) is 10.8. The van der Waals surface area contributed by atoms with Crippen molar-refractivity contribution in [2.75, 3.05) is 10.6 Å². The highest BCUT2D eigenvalue weighted by molar-refractivity contribution is 7.16. The molecule has 3 heterocycles. The van der Waals surface area contributed by atoms with Crippen LogP contribution in [0.1, 0.15) is 21.8 Å². The molecule has 0 aliphatic heterocycles. The second-order valence-corrected chi connectivity index (χ2v) is 8.58. The lowest BCUT2D eigenvalue weighted by molar-refractivity contribution is 0.629. The zero-order valence-electron chi connectivity index (χ0n) is 16.2. The average Bonchev–Trinajstić information content (AvgIpc) is 3.33. The standard InChI is InChI=1S/C21H17FN6S2/c1-12-20(30-13(2)26-12)18-11-29-21(27-18)28-19-6-4-15(10-25-19)9-24-17-5-3-14(8-23)7-16(17)22/h3-7,10-11,24H,9H2,1-2H3,(H,25,27,28). The maximum absolute atomic E-state index is 13.9. The number of halogens is 1. The number of hydrogen-bond donors (Lipinski definition) is 2. The largest absolute Gasteiger partial charge is 0.379 e. The number of hydrogen-bond acceptors (Lipinski definition) is 8. The van der Waals surface area contributed by atoms with Gasteiger partial charge in [-0.1, -0.05) is 6.07 Å². The number of anilines is 3. The van der Waals surface area contributed by atoms with Gasteiger partial charge in [0.1, 0.15) is 11.6 Å². The van der Waals surface area contributed by atoms with Gasteiger partial charge in [0.25, 0.3) is 0 Å². The van der Waals surface area contributed by atoms with E-state index < -0.39 is 5.82 Å². The summed E-state index contributed by atoms with van der Waals surface area (Å²) in [6, 6.07) is 10.0. The molecule has 6 nitrogen and oxygen atoms in total. The highest BCUT2D eigenvalue weighted by Crippen LogP contribution is 2.32. The van der Waals surface area contributed by atoms with Gasteiger partial charge in [0.05, 0.1) is 38.6 Å². The van der Waals surface area contributed by atoms with E-state index in [1.165, 1.54) is 17.4 Å². The van der Waals surface area contributed by atoms with E-state index in [0.29, 0.717) is 23.6 Å².